The van der Waals surface area contributed by atoms with Crippen LogP contribution in [0.3, 0.4) is 0 Å². The van der Waals surface area contributed by atoms with Crippen LogP contribution in [0, 0.1) is 12.3 Å². The molecule has 2 amide bonds. The molecule has 0 unspecified atom stereocenters. The predicted molar refractivity (Wildman–Crippen MR) is 134 cm³/mol. The van der Waals surface area contributed by atoms with Crippen molar-refractivity contribution in [1.82, 2.24) is 15.5 Å². The van der Waals surface area contributed by atoms with Crippen LogP contribution in [0.1, 0.15) is 56.1 Å². The fourth-order valence-electron chi connectivity index (χ4n) is 4.73. The Bertz CT molecular complexity index is 1130. The quantitative estimate of drug-likeness (QED) is 0.325. The topological polar surface area (TPSA) is 116 Å². The minimum absolute atomic E-state index is 0.0497. The van der Waals surface area contributed by atoms with Gasteiger partial charge in [-0.3, -0.25) is 14.4 Å². The van der Waals surface area contributed by atoms with E-state index in [1.807, 2.05) is 24.3 Å². The third-order valence-corrected chi connectivity index (χ3v) is 6.87. The Hall–Kier alpha value is -3.53. The Morgan fingerprint density at radius 2 is 1.85 bits per heavy atom. The van der Waals surface area contributed by atoms with Crippen LogP contribution in [-0.2, 0) is 25.6 Å². The number of halogens is 5. The Kier molecular flexibility index (Phi) is 11.2. The summed E-state index contributed by atoms with van der Waals surface area (Å²) in [6.45, 7) is 0.743. The van der Waals surface area contributed by atoms with Gasteiger partial charge in [0, 0.05) is 19.3 Å². The van der Waals surface area contributed by atoms with Gasteiger partial charge < -0.3 is 20.6 Å². The van der Waals surface area contributed by atoms with Crippen LogP contribution >= 0.6 is 0 Å². The van der Waals surface area contributed by atoms with E-state index in [-0.39, 0.29) is 24.5 Å². The van der Waals surface area contributed by atoms with Gasteiger partial charge >= 0.3 is 12.1 Å². The van der Waals surface area contributed by atoms with E-state index in [4.69, 9.17) is 16.3 Å². The number of carbonyl (C=O) groups is 4. The average molecular weight is 574 g/mol. The molecule has 220 valence electrons. The van der Waals surface area contributed by atoms with Gasteiger partial charge in [-0.05, 0) is 50.3 Å². The number of carboxylic acid groups (broad SMARTS) is 1. The van der Waals surface area contributed by atoms with Crippen molar-refractivity contribution >= 4 is 23.6 Å². The first-order chi connectivity index (χ1) is 18.6. The van der Waals surface area contributed by atoms with Gasteiger partial charge in [0.2, 0.25) is 11.8 Å². The van der Waals surface area contributed by atoms with Crippen LogP contribution in [0.15, 0.2) is 24.3 Å². The molecule has 13 heteroatoms. The van der Waals surface area contributed by atoms with Crippen molar-refractivity contribution < 1.29 is 46.2 Å². The summed E-state index contributed by atoms with van der Waals surface area (Å²) in [5, 5.41) is 12.4. The minimum atomic E-state index is -5.08. The molecule has 1 aliphatic heterocycles. The third-order valence-electron chi connectivity index (χ3n) is 6.87. The maximum Gasteiger partial charge on any atom is 0.490 e. The molecule has 1 aromatic rings. The molecule has 1 aliphatic carbocycles. The van der Waals surface area contributed by atoms with Gasteiger partial charge in [0.25, 0.3) is 5.92 Å². The van der Waals surface area contributed by atoms with Crippen molar-refractivity contribution in [2.75, 3.05) is 13.6 Å². The van der Waals surface area contributed by atoms with E-state index in [0.717, 1.165) is 29.7 Å². The molecular formula is C27H32F5N3O5. The van der Waals surface area contributed by atoms with E-state index in [1.54, 1.807) is 14.0 Å². The molecule has 1 aromatic carbocycles. The maximum atomic E-state index is 14.4. The van der Waals surface area contributed by atoms with Gasteiger partial charge in [-0.25, -0.2) is 13.6 Å². The Morgan fingerprint density at radius 1 is 1.23 bits per heavy atom. The molecule has 4 atom stereocenters. The second-order valence-corrected chi connectivity index (χ2v) is 9.78. The van der Waals surface area contributed by atoms with Crippen molar-refractivity contribution in [3.05, 3.63) is 35.4 Å². The van der Waals surface area contributed by atoms with Crippen LogP contribution < -0.4 is 10.6 Å². The number of likely N-dealkylation sites (N-methyl/N-ethyl adjacent to an activating group) is 1. The zero-order valence-corrected chi connectivity index (χ0v) is 22.1. The van der Waals surface area contributed by atoms with Gasteiger partial charge in [-0.15, -0.1) is 12.3 Å². The summed E-state index contributed by atoms with van der Waals surface area (Å²) in [7, 11) is 1.58. The molecule has 1 saturated heterocycles. The summed E-state index contributed by atoms with van der Waals surface area (Å²) in [5.41, 5.74) is 2.26. The molecule has 2 aliphatic rings. The Morgan fingerprint density at radius 3 is 2.42 bits per heavy atom. The first kappa shape index (κ1) is 32.7. The number of hydrogen-bond acceptors (Lipinski definition) is 5. The van der Waals surface area contributed by atoms with Crippen LogP contribution in [0.2, 0.25) is 0 Å². The number of likely N-dealkylation sites (tertiary alicyclic amines) is 1. The number of amides is 2. The number of carboxylic acids is 1. The van der Waals surface area contributed by atoms with E-state index >= 15 is 0 Å². The van der Waals surface area contributed by atoms with E-state index < -0.39 is 61.0 Å². The van der Waals surface area contributed by atoms with E-state index in [9.17, 15) is 36.3 Å². The van der Waals surface area contributed by atoms with Gasteiger partial charge in [-0.1, -0.05) is 24.3 Å². The summed E-state index contributed by atoms with van der Waals surface area (Å²) >= 11 is 0. The van der Waals surface area contributed by atoms with E-state index in [2.05, 4.69) is 16.6 Å². The summed E-state index contributed by atoms with van der Waals surface area (Å²) in [6, 6.07) is 4.89. The van der Waals surface area contributed by atoms with Crippen LogP contribution in [-0.4, -0.2) is 77.4 Å². The lowest BCUT2D eigenvalue weighted by Gasteiger charge is -2.30. The molecule has 1 fully saturated rings. The molecule has 0 saturated carbocycles. The largest absolute Gasteiger partial charge is 0.490 e. The highest BCUT2D eigenvalue weighted by molar-refractivity contribution is 5.94. The number of alkyl halides is 5. The number of ketones is 1. The molecule has 40 heavy (non-hydrogen) atoms. The molecule has 0 spiro atoms. The summed E-state index contributed by atoms with van der Waals surface area (Å²) in [6.07, 6.45) is 2.18. The Balaban J connectivity index is 0.000000708. The normalized spacial score (nSPS) is 21.1. The van der Waals surface area contributed by atoms with Crippen molar-refractivity contribution in [2.24, 2.45) is 0 Å². The van der Waals surface area contributed by atoms with Crippen molar-refractivity contribution in [1.29, 1.82) is 0 Å². The third kappa shape index (κ3) is 8.74. The fourth-order valence-corrected chi connectivity index (χ4v) is 4.73. The number of fused-ring (bicyclic) bond motifs is 1. The lowest BCUT2D eigenvalue weighted by molar-refractivity contribution is -0.192. The number of nitrogens with one attached hydrogen (secondary N) is 2. The molecule has 1 heterocycles. The fraction of sp³-hybridized carbons (Fsp3) is 0.556. The van der Waals surface area contributed by atoms with Crippen LogP contribution in [0.25, 0.3) is 0 Å². The zero-order chi connectivity index (χ0) is 30.3. The summed E-state index contributed by atoms with van der Waals surface area (Å²) in [5.74, 6) is -5.26. The lowest BCUT2D eigenvalue weighted by Crippen LogP contribution is -2.54. The van der Waals surface area contributed by atoms with Gasteiger partial charge in [-0.2, -0.15) is 13.2 Å². The highest BCUT2D eigenvalue weighted by atomic mass is 19.4. The predicted octanol–water partition coefficient (Wildman–Crippen LogP) is 3.05. The Labute approximate surface area is 228 Å². The first-order valence-corrected chi connectivity index (χ1v) is 12.6. The number of carbonyl (C=O) groups excluding carboxylic acids is 3. The monoisotopic (exact) mass is 573 g/mol. The summed E-state index contributed by atoms with van der Waals surface area (Å²) < 4.78 is 60.5. The first-order valence-electron chi connectivity index (χ1n) is 12.6. The van der Waals surface area contributed by atoms with Crippen molar-refractivity contribution in [3.8, 4) is 12.3 Å². The standard InChI is InChI=1S/C25H31F2N3O3.C2HF3O2/c1-4-8-20(29-23(32)16(2)28-3)24(33)30-15-25(26,27)14-21(30)22(31)13-18-11-7-10-17-9-5-6-12-19(17)18;3-2(4,5)1(6)7/h1,5-6,9,12,16,18,20-21,28H,7-8,10-11,13-15H2,2-3H3,(H,29,32);(H,6,7)/t16-,18-,20-,21-;/m0./s1. The average Bonchev–Trinajstić information content (AvgIpc) is 3.23. The number of aliphatic carboxylic acids is 1. The second kappa shape index (κ2) is 13.7. The van der Waals surface area contributed by atoms with Gasteiger partial charge in [0.05, 0.1) is 18.6 Å². The van der Waals surface area contributed by atoms with Crippen molar-refractivity contribution in [2.45, 2.75) is 81.6 Å². The molecule has 8 nitrogen and oxygen atoms in total. The number of aryl methyl sites for hydroxylation is 1. The van der Waals surface area contributed by atoms with Crippen molar-refractivity contribution in [3.63, 3.8) is 0 Å². The number of rotatable bonds is 8. The molecule has 3 N–H and O–H groups in total. The zero-order valence-electron chi connectivity index (χ0n) is 22.1. The second-order valence-electron chi connectivity index (χ2n) is 9.78. The lowest BCUT2D eigenvalue weighted by atomic mass is 9.79. The number of benzene rings is 1. The molecule has 0 bridgehead atoms. The molecule has 0 radical (unpaired) electrons. The highest BCUT2D eigenvalue weighted by Gasteiger charge is 2.51. The van der Waals surface area contributed by atoms with Crippen LogP contribution in [0.4, 0.5) is 22.0 Å². The molecular weight excluding hydrogens is 541 g/mol. The number of terminal acetylenes is 1. The van der Waals surface area contributed by atoms with Gasteiger partial charge in [0.1, 0.15) is 6.04 Å². The minimum Gasteiger partial charge on any atom is -0.475 e. The van der Waals surface area contributed by atoms with Crippen LogP contribution in [0.5, 0.6) is 0 Å². The maximum absolute atomic E-state index is 14.4. The highest BCUT2D eigenvalue weighted by Crippen LogP contribution is 2.38. The summed E-state index contributed by atoms with van der Waals surface area (Å²) in [4.78, 5) is 48.5. The smallest absolute Gasteiger partial charge is 0.475 e. The number of hydrogen-bond donors (Lipinski definition) is 3. The molecule has 3 rings (SSSR count). The molecule has 0 aromatic heterocycles. The number of nitrogens with zero attached hydrogens (tertiary/aromatic N) is 1. The van der Waals surface area contributed by atoms with Gasteiger partial charge in [0.15, 0.2) is 5.78 Å². The van der Waals surface area contributed by atoms with E-state index in [0.29, 0.717) is 0 Å². The number of Topliss-reactive ketones (excluding diaryl/α,β-unsaturated/α-hetero) is 1. The SMILES string of the molecule is C#CC[C@H](NC(=O)[C@H](C)NC)C(=O)N1CC(F)(F)C[C@H]1C(=O)C[C@@H]1CCCc2ccccc21.O=C(O)C(F)(F)F. The van der Waals surface area contributed by atoms with E-state index in [1.165, 1.54) is 5.56 Å².